The summed E-state index contributed by atoms with van der Waals surface area (Å²) in [5.41, 5.74) is 2.32. The summed E-state index contributed by atoms with van der Waals surface area (Å²) in [6, 6.07) is 3.58. The maximum Gasteiger partial charge on any atom is 0.292 e. The van der Waals surface area contributed by atoms with E-state index in [1.807, 2.05) is 11.8 Å². The van der Waals surface area contributed by atoms with Crippen molar-refractivity contribution in [1.82, 2.24) is 14.2 Å². The van der Waals surface area contributed by atoms with Crippen molar-refractivity contribution in [2.75, 3.05) is 50.1 Å². The predicted octanol–water partition coefficient (Wildman–Crippen LogP) is 2.41. The number of nitrogens with one attached hydrogen (secondary N) is 1. The van der Waals surface area contributed by atoms with Gasteiger partial charge < -0.3 is 19.1 Å². The molecule has 0 unspecified atom stereocenters. The highest BCUT2D eigenvalue weighted by Crippen LogP contribution is 2.32. The zero-order valence-electron chi connectivity index (χ0n) is 20.9. The highest BCUT2D eigenvalue weighted by molar-refractivity contribution is 7.95. The Hall–Kier alpha value is -3.77. The first-order valence-electron chi connectivity index (χ1n) is 11.1. The molecule has 2 aromatic heterocycles. The molecule has 0 saturated carbocycles. The van der Waals surface area contributed by atoms with E-state index in [0.717, 1.165) is 11.0 Å². The number of hydrogen-bond acceptors (Lipinski definition) is 8. The van der Waals surface area contributed by atoms with Crippen molar-refractivity contribution in [3.63, 3.8) is 0 Å². The Bertz CT molecular complexity index is 1400. The average Bonchev–Trinajstić information content (AvgIpc) is 3.13. The first kappa shape index (κ1) is 26.8. The quantitative estimate of drug-likeness (QED) is 0.475. The van der Waals surface area contributed by atoms with Gasteiger partial charge in [-0.3, -0.25) is 9.52 Å². The van der Waals surface area contributed by atoms with Crippen LogP contribution >= 0.6 is 0 Å². The lowest BCUT2D eigenvalue weighted by Gasteiger charge is -2.26. The Balaban J connectivity index is 0.00000176. The lowest BCUT2D eigenvalue weighted by atomic mass is 10.1. The van der Waals surface area contributed by atoms with Gasteiger partial charge in [-0.25, -0.2) is 22.6 Å². The van der Waals surface area contributed by atoms with Crippen LogP contribution in [0.5, 0.6) is 11.5 Å². The summed E-state index contributed by atoms with van der Waals surface area (Å²) in [5.74, 6) is 0.980. The van der Waals surface area contributed by atoms with Gasteiger partial charge in [0.25, 0.3) is 15.6 Å². The molecule has 1 aliphatic heterocycles. The first-order valence-corrected chi connectivity index (χ1v) is 12.6. The van der Waals surface area contributed by atoms with Crippen LogP contribution in [0.1, 0.15) is 11.1 Å². The maximum atomic E-state index is 12.8. The fraction of sp³-hybridized carbons (Fsp3) is 0.333. The zero-order chi connectivity index (χ0) is 26.5. The molecule has 1 fully saturated rings. The highest BCUT2D eigenvalue weighted by Gasteiger charge is 2.22. The van der Waals surface area contributed by atoms with Gasteiger partial charge in [0.2, 0.25) is 0 Å². The van der Waals surface area contributed by atoms with Crippen molar-refractivity contribution < 1.29 is 22.6 Å². The Morgan fingerprint density at radius 3 is 2.33 bits per heavy atom. The molecule has 0 aliphatic carbocycles. The van der Waals surface area contributed by atoms with E-state index in [-0.39, 0.29) is 11.2 Å². The molecule has 12 heteroatoms. The van der Waals surface area contributed by atoms with Crippen LogP contribution in [0.25, 0.3) is 11.7 Å². The van der Waals surface area contributed by atoms with Gasteiger partial charge in [0.1, 0.15) is 17.2 Å². The number of methoxy groups -OCH3 is 2. The summed E-state index contributed by atoms with van der Waals surface area (Å²) in [4.78, 5) is 19.1. The van der Waals surface area contributed by atoms with Crippen molar-refractivity contribution in [3.8, 4) is 11.5 Å². The molecular weight excluding hydrogens is 486 g/mol. The van der Waals surface area contributed by atoms with Crippen LogP contribution in [0.2, 0.25) is 0 Å². The van der Waals surface area contributed by atoms with Gasteiger partial charge in [0.05, 0.1) is 56.5 Å². The molecule has 0 bridgehead atoms. The smallest absolute Gasteiger partial charge is 0.292 e. The Labute approximate surface area is 210 Å². The molecule has 1 saturated heterocycles. The van der Waals surface area contributed by atoms with Crippen LogP contribution < -0.4 is 24.7 Å². The first-order chi connectivity index (χ1) is 17.2. The fourth-order valence-corrected chi connectivity index (χ4v) is 4.68. The number of nitrogens with zero attached hydrogens (tertiary/aromatic N) is 4. The Morgan fingerprint density at radius 1 is 1.14 bits per heavy atom. The number of morpholine rings is 1. The summed E-state index contributed by atoms with van der Waals surface area (Å²) < 4.78 is 47.1. The van der Waals surface area contributed by atoms with E-state index < -0.39 is 10.0 Å². The standard InChI is InChI=1S/C22H27N5O6S.C2H4/c1-15-11-18(31-3)17(19(12-15)32-4)5-10-34(29,30)24-16-13-23-21-20(26-6-8-33-9-7-26)22(28)25(2)27(21)14-16;1-2/h5,10-14,24H,6-9H2,1-4H3;1-2H2/b10-5+;. The van der Waals surface area contributed by atoms with E-state index in [1.54, 1.807) is 19.2 Å². The van der Waals surface area contributed by atoms with E-state index in [1.165, 1.54) is 41.9 Å². The summed E-state index contributed by atoms with van der Waals surface area (Å²) in [6.07, 6.45) is 4.32. The third kappa shape index (κ3) is 5.55. The second-order valence-corrected chi connectivity index (χ2v) is 9.39. The molecule has 0 amide bonds. The average molecular weight is 518 g/mol. The highest BCUT2D eigenvalue weighted by atomic mass is 32.2. The second-order valence-electron chi connectivity index (χ2n) is 7.82. The molecule has 36 heavy (non-hydrogen) atoms. The van der Waals surface area contributed by atoms with Crippen molar-refractivity contribution in [3.05, 3.63) is 64.6 Å². The molecule has 4 rings (SSSR count). The predicted molar refractivity (Wildman–Crippen MR) is 141 cm³/mol. The van der Waals surface area contributed by atoms with Gasteiger partial charge in [0.15, 0.2) is 5.65 Å². The lowest BCUT2D eigenvalue weighted by molar-refractivity contribution is 0.122. The topological polar surface area (TPSA) is 116 Å². The van der Waals surface area contributed by atoms with Crippen LogP contribution in [-0.4, -0.2) is 63.1 Å². The number of benzene rings is 1. The largest absolute Gasteiger partial charge is 0.496 e. The van der Waals surface area contributed by atoms with E-state index in [9.17, 15) is 13.2 Å². The van der Waals surface area contributed by atoms with E-state index >= 15 is 0 Å². The molecular formula is C24H31N5O6S. The monoisotopic (exact) mass is 517 g/mol. The third-order valence-corrected chi connectivity index (χ3v) is 6.54. The maximum absolute atomic E-state index is 12.8. The fourth-order valence-electron chi connectivity index (χ4n) is 3.87. The molecule has 1 N–H and O–H groups in total. The molecule has 3 aromatic rings. The Morgan fingerprint density at radius 2 is 1.75 bits per heavy atom. The number of rotatable bonds is 7. The number of aromatic nitrogens is 3. The van der Waals surface area contributed by atoms with Crippen molar-refractivity contribution in [1.29, 1.82) is 0 Å². The van der Waals surface area contributed by atoms with E-state index in [4.69, 9.17) is 14.2 Å². The minimum Gasteiger partial charge on any atom is -0.496 e. The van der Waals surface area contributed by atoms with Crippen LogP contribution in [0.15, 0.2) is 47.9 Å². The van der Waals surface area contributed by atoms with Crippen LogP contribution in [0, 0.1) is 6.92 Å². The van der Waals surface area contributed by atoms with Gasteiger partial charge in [-0.05, 0) is 30.7 Å². The number of aryl methyl sites for hydroxylation is 2. The second kappa shape index (κ2) is 11.3. The van der Waals surface area contributed by atoms with Gasteiger partial charge in [0, 0.05) is 20.1 Å². The SMILES string of the molecule is C=C.COc1cc(C)cc(OC)c1/C=C/S(=O)(=O)Nc1cnc2c(N3CCOCC3)c(=O)n(C)n2c1. The lowest BCUT2D eigenvalue weighted by Crippen LogP contribution is -2.39. The van der Waals surface area contributed by atoms with Crippen LogP contribution in [0.3, 0.4) is 0 Å². The molecule has 0 radical (unpaired) electrons. The third-order valence-electron chi connectivity index (χ3n) is 5.53. The number of hydrogen-bond donors (Lipinski definition) is 1. The number of sulfonamides is 1. The molecule has 0 spiro atoms. The zero-order valence-corrected chi connectivity index (χ0v) is 21.7. The van der Waals surface area contributed by atoms with Gasteiger partial charge in [-0.2, -0.15) is 0 Å². The number of ether oxygens (including phenoxy) is 3. The Kier molecular flexibility index (Phi) is 8.43. The molecule has 0 atom stereocenters. The molecule has 194 valence electrons. The minimum absolute atomic E-state index is 0.208. The van der Waals surface area contributed by atoms with Gasteiger partial charge in [-0.15, -0.1) is 13.2 Å². The summed E-state index contributed by atoms with van der Waals surface area (Å²) in [5, 5.41) is 1.03. The van der Waals surface area contributed by atoms with Crippen LogP contribution in [0.4, 0.5) is 11.4 Å². The van der Waals surface area contributed by atoms with Gasteiger partial charge in [-0.1, -0.05) is 0 Å². The van der Waals surface area contributed by atoms with Gasteiger partial charge >= 0.3 is 0 Å². The molecule has 3 heterocycles. The summed E-state index contributed by atoms with van der Waals surface area (Å²) in [7, 11) is 0.710. The van der Waals surface area contributed by atoms with Crippen molar-refractivity contribution >= 4 is 33.1 Å². The molecule has 1 aliphatic rings. The van der Waals surface area contributed by atoms with Crippen LogP contribution in [-0.2, 0) is 21.8 Å². The molecule has 1 aromatic carbocycles. The summed E-state index contributed by atoms with van der Waals surface area (Å²) in [6.45, 7) is 10.1. The summed E-state index contributed by atoms with van der Waals surface area (Å²) >= 11 is 0. The number of anilines is 2. The van der Waals surface area contributed by atoms with Crippen molar-refractivity contribution in [2.24, 2.45) is 7.05 Å². The van der Waals surface area contributed by atoms with E-state index in [2.05, 4.69) is 22.9 Å². The van der Waals surface area contributed by atoms with Crippen molar-refractivity contribution in [2.45, 2.75) is 6.92 Å². The van der Waals surface area contributed by atoms with E-state index in [0.29, 0.717) is 54.7 Å². The molecule has 11 nitrogen and oxygen atoms in total. The minimum atomic E-state index is -3.91. The normalized spacial score (nSPS) is 13.9. The number of fused-ring (bicyclic) bond motifs is 1.